The number of aromatic nitrogens is 2. The van der Waals surface area contributed by atoms with E-state index in [0.717, 1.165) is 23.5 Å². The molecule has 5 nitrogen and oxygen atoms in total. The van der Waals surface area contributed by atoms with Crippen molar-refractivity contribution in [3.05, 3.63) is 40.4 Å². The first-order valence-electron chi connectivity index (χ1n) is 5.33. The van der Waals surface area contributed by atoms with Crippen molar-refractivity contribution in [3.63, 3.8) is 0 Å². The van der Waals surface area contributed by atoms with E-state index in [0.29, 0.717) is 10.6 Å². The van der Waals surface area contributed by atoms with Crippen LogP contribution in [0, 0.1) is 0 Å². The summed E-state index contributed by atoms with van der Waals surface area (Å²) in [5, 5.41) is 18.3. The van der Waals surface area contributed by atoms with Crippen LogP contribution >= 0.6 is 11.3 Å². The summed E-state index contributed by atoms with van der Waals surface area (Å²) in [6.45, 7) is 0. The quantitative estimate of drug-likeness (QED) is 0.912. The van der Waals surface area contributed by atoms with Gasteiger partial charge >= 0.3 is 12.3 Å². The molecular formula is C11H8F3N3O2S. The molecule has 2 rings (SSSR count). The lowest BCUT2D eigenvalue weighted by Crippen LogP contribution is -2.06. The number of hydrogen-bond acceptors (Lipinski definition) is 4. The summed E-state index contributed by atoms with van der Waals surface area (Å²) >= 11 is 0.974. The Hall–Kier alpha value is -2.16. The minimum Gasteiger partial charge on any atom is -0.465 e. The highest BCUT2D eigenvalue weighted by Crippen LogP contribution is 2.30. The average Bonchev–Trinajstić information content (AvgIpc) is 2.75. The van der Waals surface area contributed by atoms with Gasteiger partial charge in [-0.2, -0.15) is 13.2 Å². The average molecular weight is 303 g/mol. The van der Waals surface area contributed by atoms with Crippen molar-refractivity contribution in [1.29, 1.82) is 0 Å². The molecule has 20 heavy (non-hydrogen) atoms. The fourth-order valence-electron chi connectivity index (χ4n) is 1.50. The van der Waals surface area contributed by atoms with Gasteiger partial charge in [-0.05, 0) is 11.6 Å². The van der Waals surface area contributed by atoms with Crippen molar-refractivity contribution in [2.75, 3.05) is 5.32 Å². The van der Waals surface area contributed by atoms with Crippen LogP contribution in [-0.2, 0) is 12.6 Å². The Bertz CT molecular complexity index is 627. The number of carbonyl (C=O) groups is 1. The van der Waals surface area contributed by atoms with Gasteiger partial charge in [0.05, 0.1) is 5.56 Å². The highest BCUT2D eigenvalue weighted by molar-refractivity contribution is 7.15. The summed E-state index contributed by atoms with van der Waals surface area (Å²) < 4.78 is 37.7. The van der Waals surface area contributed by atoms with Crippen LogP contribution in [-0.4, -0.2) is 21.4 Å². The number of amides is 1. The van der Waals surface area contributed by atoms with Gasteiger partial charge in [0.25, 0.3) is 0 Å². The summed E-state index contributed by atoms with van der Waals surface area (Å²) in [5.74, 6) is 0. The fraction of sp³-hybridized carbons (Fsp3) is 0.182. The molecule has 0 aliphatic heterocycles. The highest BCUT2D eigenvalue weighted by Gasteiger charge is 2.30. The van der Waals surface area contributed by atoms with Gasteiger partial charge in [-0.1, -0.05) is 29.5 Å². The van der Waals surface area contributed by atoms with E-state index in [-0.39, 0.29) is 11.6 Å². The molecule has 0 saturated heterocycles. The van der Waals surface area contributed by atoms with E-state index in [4.69, 9.17) is 5.11 Å². The first kappa shape index (κ1) is 14.3. The number of hydrogen-bond donors (Lipinski definition) is 2. The minimum absolute atomic E-state index is 0.0828. The zero-order valence-electron chi connectivity index (χ0n) is 9.81. The van der Waals surface area contributed by atoms with E-state index in [1.54, 1.807) is 6.07 Å². The predicted octanol–water partition coefficient (Wildman–Crippen LogP) is 3.24. The van der Waals surface area contributed by atoms with E-state index >= 15 is 0 Å². The van der Waals surface area contributed by atoms with Crippen LogP contribution in [0.3, 0.4) is 0 Å². The molecule has 0 aliphatic rings. The molecule has 0 radical (unpaired) electrons. The smallest absolute Gasteiger partial charge is 0.416 e. The van der Waals surface area contributed by atoms with Gasteiger partial charge < -0.3 is 5.11 Å². The van der Waals surface area contributed by atoms with E-state index < -0.39 is 17.8 Å². The van der Waals surface area contributed by atoms with Gasteiger partial charge in [0.1, 0.15) is 5.01 Å². The monoisotopic (exact) mass is 303 g/mol. The molecule has 0 saturated carbocycles. The van der Waals surface area contributed by atoms with Gasteiger partial charge in [0.15, 0.2) is 0 Å². The van der Waals surface area contributed by atoms with Crippen LogP contribution in [0.15, 0.2) is 24.3 Å². The third-order valence-electron chi connectivity index (χ3n) is 2.29. The standard InChI is InChI=1S/C11H8F3N3O2S/c12-11(13,14)7-3-1-2-6(4-7)5-8-16-17-9(20-8)15-10(18)19/h1-4H,5H2,(H,15,17)(H,18,19). The van der Waals surface area contributed by atoms with Crippen LogP contribution in [0.2, 0.25) is 0 Å². The fourth-order valence-corrected chi connectivity index (χ4v) is 2.26. The lowest BCUT2D eigenvalue weighted by atomic mass is 10.1. The second kappa shape index (κ2) is 5.45. The maximum absolute atomic E-state index is 12.6. The number of carboxylic acid groups (broad SMARTS) is 1. The molecule has 106 valence electrons. The molecule has 0 fully saturated rings. The molecule has 1 heterocycles. The normalized spacial score (nSPS) is 11.3. The molecule has 0 bridgehead atoms. The van der Waals surface area contributed by atoms with Gasteiger partial charge in [0, 0.05) is 6.42 Å². The molecule has 1 aromatic carbocycles. The van der Waals surface area contributed by atoms with E-state index in [9.17, 15) is 18.0 Å². The first-order chi connectivity index (χ1) is 9.34. The Morgan fingerprint density at radius 1 is 1.35 bits per heavy atom. The summed E-state index contributed by atoms with van der Waals surface area (Å²) in [6.07, 6.45) is -5.51. The summed E-state index contributed by atoms with van der Waals surface area (Å²) in [5.41, 5.74) is -0.304. The Morgan fingerprint density at radius 3 is 2.75 bits per heavy atom. The SMILES string of the molecule is O=C(O)Nc1nnc(Cc2cccc(C(F)(F)F)c2)s1. The van der Waals surface area contributed by atoms with Gasteiger partial charge in [0.2, 0.25) is 5.13 Å². The Labute approximate surface area is 115 Å². The van der Waals surface area contributed by atoms with Crippen LogP contribution < -0.4 is 5.32 Å². The highest BCUT2D eigenvalue weighted by atomic mass is 32.1. The number of alkyl halides is 3. The number of nitrogens with zero attached hydrogens (tertiary/aromatic N) is 2. The van der Waals surface area contributed by atoms with Crippen LogP contribution in [0.5, 0.6) is 0 Å². The molecule has 2 N–H and O–H groups in total. The molecule has 0 spiro atoms. The largest absolute Gasteiger partial charge is 0.465 e. The van der Waals surface area contributed by atoms with Crippen molar-refractivity contribution in [2.45, 2.75) is 12.6 Å². The molecule has 0 aliphatic carbocycles. The van der Waals surface area contributed by atoms with Crippen LogP contribution in [0.25, 0.3) is 0 Å². The van der Waals surface area contributed by atoms with Crippen molar-refractivity contribution in [2.24, 2.45) is 0 Å². The minimum atomic E-state index is -4.40. The second-order valence-electron chi connectivity index (χ2n) is 3.81. The number of anilines is 1. The number of halogens is 3. The maximum atomic E-state index is 12.6. The summed E-state index contributed by atoms with van der Waals surface area (Å²) in [4.78, 5) is 10.4. The number of nitrogens with one attached hydrogen (secondary N) is 1. The lowest BCUT2D eigenvalue weighted by Gasteiger charge is -2.07. The van der Waals surface area contributed by atoms with Gasteiger partial charge in [-0.15, -0.1) is 10.2 Å². The van der Waals surface area contributed by atoms with Gasteiger partial charge in [-0.3, -0.25) is 5.32 Å². The molecule has 0 unspecified atom stereocenters. The Balaban J connectivity index is 2.14. The second-order valence-corrected chi connectivity index (χ2v) is 4.87. The predicted molar refractivity (Wildman–Crippen MR) is 65.8 cm³/mol. The molecule has 1 amide bonds. The van der Waals surface area contributed by atoms with Crippen molar-refractivity contribution < 1.29 is 23.1 Å². The zero-order chi connectivity index (χ0) is 14.8. The topological polar surface area (TPSA) is 75.1 Å². The third-order valence-corrected chi connectivity index (χ3v) is 3.13. The number of rotatable bonds is 3. The lowest BCUT2D eigenvalue weighted by molar-refractivity contribution is -0.137. The molecule has 2 aromatic rings. The Kier molecular flexibility index (Phi) is 3.89. The molecular weight excluding hydrogens is 295 g/mol. The van der Waals surface area contributed by atoms with E-state index in [1.165, 1.54) is 6.07 Å². The van der Waals surface area contributed by atoms with Crippen molar-refractivity contribution in [3.8, 4) is 0 Å². The van der Waals surface area contributed by atoms with E-state index in [1.807, 2.05) is 5.32 Å². The zero-order valence-corrected chi connectivity index (χ0v) is 10.6. The number of benzene rings is 1. The molecule has 1 aromatic heterocycles. The third kappa shape index (κ3) is 3.67. The van der Waals surface area contributed by atoms with Crippen LogP contribution in [0.1, 0.15) is 16.1 Å². The first-order valence-corrected chi connectivity index (χ1v) is 6.15. The van der Waals surface area contributed by atoms with Crippen molar-refractivity contribution in [1.82, 2.24) is 10.2 Å². The summed E-state index contributed by atoms with van der Waals surface area (Å²) in [6, 6.07) is 4.88. The van der Waals surface area contributed by atoms with Gasteiger partial charge in [-0.25, -0.2) is 4.79 Å². The maximum Gasteiger partial charge on any atom is 0.416 e. The summed E-state index contributed by atoms with van der Waals surface area (Å²) in [7, 11) is 0. The molecule has 9 heteroatoms. The van der Waals surface area contributed by atoms with Crippen molar-refractivity contribution >= 4 is 22.6 Å². The Morgan fingerprint density at radius 2 is 2.10 bits per heavy atom. The van der Waals surface area contributed by atoms with Crippen LogP contribution in [0.4, 0.5) is 23.1 Å². The van der Waals surface area contributed by atoms with E-state index in [2.05, 4.69) is 10.2 Å². The molecule has 0 atom stereocenters.